The monoisotopic (exact) mass is 269 g/mol. The van der Waals surface area contributed by atoms with Gasteiger partial charge in [-0.25, -0.2) is 4.79 Å². The van der Waals surface area contributed by atoms with E-state index in [0.29, 0.717) is 6.42 Å². The summed E-state index contributed by atoms with van der Waals surface area (Å²) in [6.45, 7) is 1.53. The predicted molar refractivity (Wildman–Crippen MR) is 65.7 cm³/mol. The zero-order valence-corrected chi connectivity index (χ0v) is 10.4. The highest BCUT2D eigenvalue weighted by atomic mass is 16.4. The lowest BCUT2D eigenvalue weighted by molar-refractivity contribution is -0.141. The van der Waals surface area contributed by atoms with Gasteiger partial charge in [-0.05, 0) is 6.42 Å². The van der Waals surface area contributed by atoms with Gasteiger partial charge >= 0.3 is 11.7 Å². The molecule has 1 unspecified atom stereocenters. The molecule has 0 aliphatic carbocycles. The van der Waals surface area contributed by atoms with Crippen molar-refractivity contribution in [3.05, 3.63) is 33.1 Å². The first-order chi connectivity index (χ1) is 8.90. The Bertz CT molecular complexity index is 574. The lowest BCUT2D eigenvalue weighted by atomic mass is 10.1. The van der Waals surface area contributed by atoms with E-state index < -0.39 is 29.0 Å². The Labute approximate surface area is 108 Å². The molecule has 0 saturated carbocycles. The van der Waals surface area contributed by atoms with Crippen molar-refractivity contribution in [1.29, 1.82) is 0 Å². The molecule has 0 aliphatic heterocycles. The van der Waals surface area contributed by atoms with Crippen LogP contribution in [0, 0.1) is 5.92 Å². The number of aliphatic carboxylic acids is 1. The molecule has 1 atom stereocenters. The van der Waals surface area contributed by atoms with Gasteiger partial charge in [-0.1, -0.05) is 6.92 Å². The van der Waals surface area contributed by atoms with Gasteiger partial charge in [-0.15, -0.1) is 0 Å². The minimum absolute atomic E-state index is 0.213. The van der Waals surface area contributed by atoms with Gasteiger partial charge in [0.25, 0.3) is 5.56 Å². The van der Waals surface area contributed by atoms with Crippen LogP contribution in [0.3, 0.4) is 0 Å². The topological polar surface area (TPSA) is 121 Å². The van der Waals surface area contributed by atoms with Crippen LogP contribution in [-0.4, -0.2) is 33.1 Å². The van der Waals surface area contributed by atoms with E-state index >= 15 is 0 Å². The standard InChI is InChI=1S/C11H15N3O5/c1-7(10(17)18)2-4-12-9(16)6-14-5-3-8(15)13-11(14)19/h3,5,7H,2,4,6H2,1H3,(H,12,16)(H,17,18)(H,13,15,19). The number of carboxylic acid groups (broad SMARTS) is 1. The summed E-state index contributed by atoms with van der Waals surface area (Å²) >= 11 is 0. The Morgan fingerprint density at radius 2 is 2.16 bits per heavy atom. The van der Waals surface area contributed by atoms with Crippen LogP contribution < -0.4 is 16.6 Å². The number of rotatable bonds is 6. The Hall–Kier alpha value is -2.38. The second-order valence-electron chi connectivity index (χ2n) is 4.12. The molecular weight excluding hydrogens is 254 g/mol. The van der Waals surface area contributed by atoms with Crippen LogP contribution in [0.2, 0.25) is 0 Å². The van der Waals surface area contributed by atoms with E-state index in [1.807, 2.05) is 4.98 Å². The van der Waals surface area contributed by atoms with Crippen molar-refractivity contribution in [1.82, 2.24) is 14.9 Å². The van der Waals surface area contributed by atoms with Crippen LogP contribution in [0.25, 0.3) is 0 Å². The maximum absolute atomic E-state index is 11.5. The molecule has 19 heavy (non-hydrogen) atoms. The summed E-state index contributed by atoms with van der Waals surface area (Å²) in [6, 6.07) is 1.14. The van der Waals surface area contributed by atoms with Crippen LogP contribution >= 0.6 is 0 Å². The van der Waals surface area contributed by atoms with Crippen molar-refractivity contribution in [2.45, 2.75) is 19.9 Å². The highest BCUT2D eigenvalue weighted by molar-refractivity contribution is 5.75. The van der Waals surface area contributed by atoms with Gasteiger partial charge in [0.15, 0.2) is 0 Å². The lowest BCUT2D eigenvalue weighted by Gasteiger charge is -2.08. The highest BCUT2D eigenvalue weighted by Gasteiger charge is 2.11. The summed E-state index contributed by atoms with van der Waals surface area (Å²) < 4.78 is 1.05. The van der Waals surface area contributed by atoms with Crippen LogP contribution in [0.1, 0.15) is 13.3 Å². The molecule has 1 aromatic heterocycles. The van der Waals surface area contributed by atoms with E-state index in [2.05, 4.69) is 5.32 Å². The van der Waals surface area contributed by atoms with Crippen LogP contribution in [0.4, 0.5) is 0 Å². The average molecular weight is 269 g/mol. The molecule has 0 saturated heterocycles. The maximum Gasteiger partial charge on any atom is 0.328 e. The predicted octanol–water partition coefficient (Wildman–Crippen LogP) is -1.24. The Kier molecular flexibility index (Phi) is 5.04. The number of amides is 1. The van der Waals surface area contributed by atoms with E-state index in [0.717, 1.165) is 10.6 Å². The molecule has 8 heteroatoms. The van der Waals surface area contributed by atoms with Crippen LogP contribution in [0.5, 0.6) is 0 Å². The summed E-state index contributed by atoms with van der Waals surface area (Å²) in [6.07, 6.45) is 1.53. The second-order valence-corrected chi connectivity index (χ2v) is 4.12. The Morgan fingerprint density at radius 1 is 1.47 bits per heavy atom. The summed E-state index contributed by atoms with van der Waals surface area (Å²) in [5.74, 6) is -1.89. The number of aromatic amines is 1. The molecule has 0 spiro atoms. The van der Waals surface area contributed by atoms with Crippen molar-refractivity contribution in [2.75, 3.05) is 6.54 Å². The number of aromatic nitrogens is 2. The Balaban J connectivity index is 2.45. The van der Waals surface area contributed by atoms with Crippen molar-refractivity contribution in [2.24, 2.45) is 5.92 Å². The molecule has 104 valence electrons. The minimum Gasteiger partial charge on any atom is -0.481 e. The highest BCUT2D eigenvalue weighted by Crippen LogP contribution is 1.99. The fraction of sp³-hybridized carbons (Fsp3) is 0.455. The Morgan fingerprint density at radius 3 is 2.74 bits per heavy atom. The van der Waals surface area contributed by atoms with Gasteiger partial charge in [0.05, 0.1) is 5.92 Å². The zero-order valence-electron chi connectivity index (χ0n) is 10.4. The summed E-state index contributed by atoms with van der Waals surface area (Å²) in [5, 5.41) is 11.2. The SMILES string of the molecule is CC(CCNC(=O)Cn1ccc(=O)[nH]c1=O)C(=O)O. The first-order valence-corrected chi connectivity index (χ1v) is 5.69. The molecule has 0 radical (unpaired) electrons. The van der Waals surface area contributed by atoms with E-state index in [9.17, 15) is 19.2 Å². The average Bonchev–Trinajstić information content (AvgIpc) is 2.32. The number of carbonyl (C=O) groups is 2. The molecule has 1 amide bonds. The number of carbonyl (C=O) groups excluding carboxylic acids is 1. The third-order valence-electron chi connectivity index (χ3n) is 2.53. The van der Waals surface area contributed by atoms with E-state index in [1.165, 1.54) is 6.20 Å². The van der Waals surface area contributed by atoms with E-state index in [-0.39, 0.29) is 13.1 Å². The maximum atomic E-state index is 11.5. The molecule has 0 aliphatic rings. The second kappa shape index (κ2) is 6.53. The quantitative estimate of drug-likeness (QED) is 0.596. The fourth-order valence-corrected chi connectivity index (χ4v) is 1.33. The van der Waals surface area contributed by atoms with Gasteiger partial charge in [-0.2, -0.15) is 0 Å². The minimum atomic E-state index is -0.925. The summed E-state index contributed by atoms with van der Waals surface area (Å²) in [5.41, 5.74) is -1.20. The number of hydrogen-bond donors (Lipinski definition) is 3. The first kappa shape index (κ1) is 14.7. The first-order valence-electron chi connectivity index (χ1n) is 5.69. The van der Waals surface area contributed by atoms with Crippen molar-refractivity contribution in [3.8, 4) is 0 Å². The van der Waals surface area contributed by atoms with Crippen LogP contribution in [-0.2, 0) is 16.1 Å². The number of nitrogens with zero attached hydrogens (tertiary/aromatic N) is 1. The van der Waals surface area contributed by atoms with E-state index in [4.69, 9.17) is 5.11 Å². The molecule has 1 heterocycles. The molecular formula is C11H15N3O5. The van der Waals surface area contributed by atoms with Gasteiger partial charge in [-0.3, -0.25) is 23.9 Å². The van der Waals surface area contributed by atoms with Crippen molar-refractivity contribution in [3.63, 3.8) is 0 Å². The largest absolute Gasteiger partial charge is 0.481 e. The van der Waals surface area contributed by atoms with Gasteiger partial charge < -0.3 is 10.4 Å². The molecule has 0 fully saturated rings. The zero-order chi connectivity index (χ0) is 14.4. The molecule has 1 aromatic rings. The third-order valence-corrected chi connectivity index (χ3v) is 2.53. The summed E-state index contributed by atoms with van der Waals surface area (Å²) in [7, 11) is 0. The lowest BCUT2D eigenvalue weighted by Crippen LogP contribution is -2.36. The van der Waals surface area contributed by atoms with Crippen LogP contribution in [0.15, 0.2) is 21.9 Å². The third kappa shape index (κ3) is 4.78. The summed E-state index contributed by atoms with van der Waals surface area (Å²) in [4.78, 5) is 46.2. The van der Waals surface area contributed by atoms with Crippen molar-refractivity contribution >= 4 is 11.9 Å². The molecule has 0 bridgehead atoms. The molecule has 1 rings (SSSR count). The van der Waals surface area contributed by atoms with Gasteiger partial charge in [0.1, 0.15) is 6.54 Å². The van der Waals surface area contributed by atoms with Gasteiger partial charge in [0, 0.05) is 18.8 Å². The van der Waals surface area contributed by atoms with E-state index in [1.54, 1.807) is 6.92 Å². The number of nitrogens with one attached hydrogen (secondary N) is 2. The number of carboxylic acids is 1. The van der Waals surface area contributed by atoms with Crippen molar-refractivity contribution < 1.29 is 14.7 Å². The molecule has 0 aromatic carbocycles. The molecule has 8 nitrogen and oxygen atoms in total. The number of H-pyrrole nitrogens is 1. The number of hydrogen-bond acceptors (Lipinski definition) is 4. The van der Waals surface area contributed by atoms with Gasteiger partial charge in [0.2, 0.25) is 5.91 Å². The smallest absolute Gasteiger partial charge is 0.328 e. The normalized spacial score (nSPS) is 11.8. The fourth-order valence-electron chi connectivity index (χ4n) is 1.33. The molecule has 3 N–H and O–H groups in total.